The van der Waals surface area contributed by atoms with Gasteiger partial charge in [0.2, 0.25) is 6.10 Å². The predicted octanol–water partition coefficient (Wildman–Crippen LogP) is 6.05. The lowest BCUT2D eigenvalue weighted by molar-refractivity contribution is -0.151. The van der Waals surface area contributed by atoms with Gasteiger partial charge in [-0.3, -0.25) is 0 Å². The maximum atomic E-state index is 12.9. The fourth-order valence-electron chi connectivity index (χ4n) is 3.47. The van der Waals surface area contributed by atoms with Crippen LogP contribution in [0.4, 0.5) is 0 Å². The molecule has 0 spiro atoms. The molecular weight excluding hydrogens is 438 g/mol. The molecule has 0 fully saturated rings. The zero-order chi connectivity index (χ0) is 23.6. The topological polar surface area (TPSA) is 66.2 Å². The summed E-state index contributed by atoms with van der Waals surface area (Å²) in [5, 5.41) is 9.57. The summed E-state index contributed by atoms with van der Waals surface area (Å²) in [7, 11) is 0. The van der Waals surface area contributed by atoms with Crippen LogP contribution in [0.15, 0.2) is 66.7 Å². The summed E-state index contributed by atoms with van der Waals surface area (Å²) < 4.78 is 11.6. The number of nitrogens with zero attached hydrogens (tertiary/aromatic N) is 3. The monoisotopic (exact) mass is 463 g/mol. The summed E-state index contributed by atoms with van der Waals surface area (Å²) in [6, 6.07) is 20.5. The van der Waals surface area contributed by atoms with Gasteiger partial charge in [-0.1, -0.05) is 68.8 Å². The highest BCUT2D eigenvalue weighted by Crippen LogP contribution is 2.32. The zero-order valence-corrected chi connectivity index (χ0v) is 19.8. The van der Waals surface area contributed by atoms with E-state index in [0.717, 1.165) is 16.6 Å². The number of halogens is 1. The molecular formula is C26H26ClN3O3. The van der Waals surface area contributed by atoms with Crippen molar-refractivity contribution in [1.29, 1.82) is 0 Å². The van der Waals surface area contributed by atoms with Gasteiger partial charge in [-0.15, -0.1) is 15.0 Å². The van der Waals surface area contributed by atoms with E-state index in [0.29, 0.717) is 22.0 Å². The quantitative estimate of drug-likeness (QED) is 0.325. The molecule has 0 saturated carbocycles. The number of hydrogen-bond acceptors (Lipinski definition) is 5. The summed E-state index contributed by atoms with van der Waals surface area (Å²) in [4.78, 5) is 14.3. The average molecular weight is 464 g/mol. The van der Waals surface area contributed by atoms with Gasteiger partial charge in [-0.25, -0.2) is 4.79 Å². The van der Waals surface area contributed by atoms with E-state index in [9.17, 15) is 4.79 Å². The van der Waals surface area contributed by atoms with Crippen molar-refractivity contribution >= 4 is 28.6 Å². The van der Waals surface area contributed by atoms with Crippen LogP contribution in [0.1, 0.15) is 44.9 Å². The van der Waals surface area contributed by atoms with E-state index in [-0.39, 0.29) is 12.0 Å². The van der Waals surface area contributed by atoms with Crippen molar-refractivity contribution in [1.82, 2.24) is 15.0 Å². The first-order valence-corrected chi connectivity index (χ1v) is 11.2. The van der Waals surface area contributed by atoms with Crippen molar-refractivity contribution < 1.29 is 14.3 Å². The van der Waals surface area contributed by atoms with Gasteiger partial charge in [-0.2, -0.15) is 0 Å². The molecule has 1 atom stereocenters. The second kappa shape index (κ2) is 9.24. The van der Waals surface area contributed by atoms with Gasteiger partial charge in [-0.05, 0) is 48.2 Å². The number of fused-ring (bicyclic) bond motifs is 1. The first-order valence-electron chi connectivity index (χ1n) is 10.8. The highest BCUT2D eigenvalue weighted by Gasteiger charge is 2.27. The molecule has 0 aliphatic heterocycles. The Balaban J connectivity index is 1.74. The summed E-state index contributed by atoms with van der Waals surface area (Å²) in [6.45, 7) is 8.44. The molecule has 170 valence electrons. The fourth-order valence-corrected chi connectivity index (χ4v) is 3.64. The number of rotatable bonds is 6. The zero-order valence-electron chi connectivity index (χ0n) is 19.1. The van der Waals surface area contributed by atoms with Crippen LogP contribution in [0.5, 0.6) is 5.75 Å². The summed E-state index contributed by atoms with van der Waals surface area (Å²) in [6.07, 6.45) is -0.955. The van der Waals surface area contributed by atoms with Gasteiger partial charge in [0.05, 0.1) is 6.61 Å². The number of carbonyl (C=O) groups is 1. The Morgan fingerprint density at radius 1 is 1.00 bits per heavy atom. The molecule has 3 aromatic carbocycles. The molecule has 6 nitrogen and oxygen atoms in total. The Morgan fingerprint density at radius 2 is 1.64 bits per heavy atom. The van der Waals surface area contributed by atoms with Gasteiger partial charge < -0.3 is 9.47 Å². The summed E-state index contributed by atoms with van der Waals surface area (Å²) >= 11 is 6.28. The van der Waals surface area contributed by atoms with Crippen molar-refractivity contribution in [3.63, 3.8) is 0 Å². The molecule has 0 N–H and O–H groups in total. The third-order valence-electron chi connectivity index (χ3n) is 5.25. The molecule has 1 aromatic heterocycles. The largest absolute Gasteiger partial charge is 0.472 e. The average Bonchev–Trinajstić information content (AvgIpc) is 3.22. The maximum Gasteiger partial charge on any atom is 0.352 e. The summed E-state index contributed by atoms with van der Waals surface area (Å²) in [5.74, 6) is -0.0573. The van der Waals surface area contributed by atoms with Gasteiger partial charge in [0, 0.05) is 10.6 Å². The Hall–Kier alpha value is -3.38. The van der Waals surface area contributed by atoms with Crippen LogP contribution < -0.4 is 4.74 Å². The highest BCUT2D eigenvalue weighted by molar-refractivity contribution is 6.30. The minimum absolute atomic E-state index is 0.00404. The number of aromatic nitrogens is 3. The lowest BCUT2D eigenvalue weighted by atomic mass is 9.86. The number of hydrogen-bond donors (Lipinski definition) is 0. The van der Waals surface area contributed by atoms with Gasteiger partial charge in [0.1, 0.15) is 22.5 Å². The lowest BCUT2D eigenvalue weighted by Gasteiger charge is -2.22. The molecule has 33 heavy (non-hydrogen) atoms. The standard InChI is InChI=1S/C26H26ClN3O3/c1-5-32-25(31)24(17-10-12-18(13-11-17)26(2,3)4)33-23-15-14-19(27)16-22(23)30-28-20-8-6-7-9-21(20)29-30/h6-16,24H,5H2,1-4H3. The molecule has 1 unspecified atom stereocenters. The molecule has 4 rings (SSSR count). The van der Waals surface area contributed by atoms with Crippen LogP contribution in [0, 0.1) is 0 Å². The number of esters is 1. The van der Waals surface area contributed by atoms with Crippen LogP contribution in [0.3, 0.4) is 0 Å². The smallest absolute Gasteiger partial charge is 0.352 e. The second-order valence-corrected chi connectivity index (χ2v) is 9.15. The number of benzene rings is 3. The SMILES string of the molecule is CCOC(=O)C(Oc1ccc(Cl)cc1-n1nc2ccccc2n1)c1ccc(C(C)(C)C)cc1. The van der Waals surface area contributed by atoms with E-state index in [1.54, 1.807) is 25.1 Å². The van der Waals surface area contributed by atoms with Gasteiger partial charge >= 0.3 is 5.97 Å². The van der Waals surface area contributed by atoms with Gasteiger partial charge in [0.25, 0.3) is 0 Å². The van der Waals surface area contributed by atoms with Crippen LogP contribution in [-0.4, -0.2) is 27.6 Å². The van der Waals surface area contributed by atoms with Crippen molar-refractivity contribution in [3.8, 4) is 11.4 Å². The molecule has 4 aromatic rings. The van der Waals surface area contributed by atoms with E-state index in [2.05, 4.69) is 31.0 Å². The van der Waals surface area contributed by atoms with E-state index in [1.165, 1.54) is 4.80 Å². The molecule has 0 radical (unpaired) electrons. The van der Waals surface area contributed by atoms with E-state index < -0.39 is 12.1 Å². The molecule has 0 aliphatic rings. The van der Waals surface area contributed by atoms with Crippen molar-refractivity contribution in [3.05, 3.63) is 82.9 Å². The first-order chi connectivity index (χ1) is 15.8. The van der Waals surface area contributed by atoms with Crippen molar-refractivity contribution in [2.24, 2.45) is 0 Å². The Morgan fingerprint density at radius 3 is 2.21 bits per heavy atom. The second-order valence-electron chi connectivity index (χ2n) is 8.71. The molecule has 0 aliphatic carbocycles. The van der Waals surface area contributed by atoms with Crippen LogP contribution in [0.2, 0.25) is 5.02 Å². The Bertz CT molecular complexity index is 1240. The van der Waals surface area contributed by atoms with Crippen LogP contribution in [0.25, 0.3) is 16.7 Å². The molecule has 7 heteroatoms. The third-order valence-corrected chi connectivity index (χ3v) is 5.48. The van der Waals surface area contributed by atoms with E-state index in [4.69, 9.17) is 21.1 Å². The van der Waals surface area contributed by atoms with Crippen LogP contribution in [-0.2, 0) is 14.9 Å². The molecule has 0 bridgehead atoms. The Kier molecular flexibility index (Phi) is 6.38. The lowest BCUT2D eigenvalue weighted by Crippen LogP contribution is -2.22. The normalized spacial score (nSPS) is 12.5. The highest BCUT2D eigenvalue weighted by atomic mass is 35.5. The number of ether oxygens (including phenoxy) is 2. The third kappa shape index (κ3) is 5.01. The molecule has 0 saturated heterocycles. The van der Waals surface area contributed by atoms with Crippen LogP contribution >= 0.6 is 11.6 Å². The van der Waals surface area contributed by atoms with Gasteiger partial charge in [0.15, 0.2) is 0 Å². The number of carbonyl (C=O) groups excluding carboxylic acids is 1. The maximum absolute atomic E-state index is 12.9. The molecule has 1 heterocycles. The van der Waals surface area contributed by atoms with Crippen molar-refractivity contribution in [2.75, 3.05) is 6.61 Å². The van der Waals surface area contributed by atoms with E-state index in [1.807, 2.05) is 48.5 Å². The molecule has 0 amide bonds. The minimum Gasteiger partial charge on any atom is -0.472 e. The Labute approximate surface area is 198 Å². The summed E-state index contributed by atoms with van der Waals surface area (Å²) in [5.41, 5.74) is 3.86. The fraction of sp³-hybridized carbons (Fsp3) is 0.269. The minimum atomic E-state index is -0.955. The van der Waals surface area contributed by atoms with E-state index >= 15 is 0 Å². The van der Waals surface area contributed by atoms with Crippen molar-refractivity contribution in [2.45, 2.75) is 39.2 Å². The first kappa shape index (κ1) is 22.8. The predicted molar refractivity (Wildman–Crippen MR) is 129 cm³/mol.